The van der Waals surface area contributed by atoms with Crippen LogP contribution in [0.15, 0.2) is 47.6 Å². The fourth-order valence-corrected chi connectivity index (χ4v) is 1.96. The summed E-state index contributed by atoms with van der Waals surface area (Å²) in [5.41, 5.74) is 8.79. The van der Waals surface area contributed by atoms with Crippen molar-refractivity contribution >= 4 is 29.5 Å². The molecule has 0 amide bonds. The van der Waals surface area contributed by atoms with E-state index in [0.29, 0.717) is 22.6 Å². The first-order valence-electron chi connectivity index (χ1n) is 7.16. The van der Waals surface area contributed by atoms with Gasteiger partial charge in [0.15, 0.2) is 16.6 Å². The molecule has 0 aliphatic carbocycles. The zero-order valence-electron chi connectivity index (χ0n) is 13.7. The molecule has 0 atom stereocenters. The second-order valence-electron chi connectivity index (χ2n) is 4.76. The van der Waals surface area contributed by atoms with Gasteiger partial charge in [-0.1, -0.05) is 0 Å². The van der Waals surface area contributed by atoms with Crippen molar-refractivity contribution < 1.29 is 19.0 Å². The summed E-state index contributed by atoms with van der Waals surface area (Å²) < 4.78 is 15.7. The number of thiocarbonyl (C=S) groups is 1. The van der Waals surface area contributed by atoms with E-state index in [1.807, 2.05) is 0 Å². The highest BCUT2D eigenvalue weighted by Gasteiger charge is 2.13. The molecular weight excluding hydrogens is 342 g/mol. The van der Waals surface area contributed by atoms with Crippen LogP contribution in [0.5, 0.6) is 17.2 Å². The minimum Gasteiger partial charge on any atom is -0.497 e. The number of methoxy groups -OCH3 is 2. The van der Waals surface area contributed by atoms with E-state index in [2.05, 4.69) is 22.7 Å². The lowest BCUT2D eigenvalue weighted by Crippen LogP contribution is -2.23. The number of nitrogens with one attached hydrogen (secondary N) is 1. The monoisotopic (exact) mass is 359 g/mol. The van der Waals surface area contributed by atoms with Crippen molar-refractivity contribution in [3.63, 3.8) is 0 Å². The number of rotatable bonds is 6. The Balaban J connectivity index is 2.19. The number of hydrogen-bond donors (Lipinski definition) is 2. The summed E-state index contributed by atoms with van der Waals surface area (Å²) >= 11 is 4.66. The molecule has 3 N–H and O–H groups in total. The highest BCUT2D eigenvalue weighted by molar-refractivity contribution is 7.80. The molecule has 0 saturated heterocycles. The zero-order valence-corrected chi connectivity index (χ0v) is 14.5. The van der Waals surface area contributed by atoms with E-state index in [1.54, 1.807) is 49.6 Å². The molecule has 0 heterocycles. The number of hydrogen-bond acceptors (Lipinski definition) is 6. The molecule has 0 aliphatic rings. The molecule has 0 aromatic heterocycles. The van der Waals surface area contributed by atoms with Crippen molar-refractivity contribution in [3.05, 3.63) is 53.6 Å². The first-order valence-corrected chi connectivity index (χ1v) is 7.57. The number of benzene rings is 2. The molecule has 2 aromatic rings. The Kier molecular flexibility index (Phi) is 6.30. The van der Waals surface area contributed by atoms with Crippen LogP contribution in [-0.2, 0) is 0 Å². The van der Waals surface area contributed by atoms with Crippen LogP contribution in [0.1, 0.15) is 15.9 Å². The lowest BCUT2D eigenvalue weighted by Gasteiger charge is -2.10. The van der Waals surface area contributed by atoms with Gasteiger partial charge in [0, 0.05) is 0 Å². The van der Waals surface area contributed by atoms with Gasteiger partial charge in [-0.05, 0) is 60.2 Å². The minimum absolute atomic E-state index is 0.0518. The van der Waals surface area contributed by atoms with Crippen LogP contribution >= 0.6 is 12.2 Å². The third-order valence-corrected chi connectivity index (χ3v) is 3.20. The Bertz CT molecular complexity index is 791. The average Bonchev–Trinajstić information content (AvgIpc) is 2.61. The maximum atomic E-state index is 12.3. The molecule has 0 unspecified atom stereocenters. The Morgan fingerprint density at radius 2 is 1.84 bits per heavy atom. The number of esters is 1. The number of carbonyl (C=O) groups is 1. The lowest BCUT2D eigenvalue weighted by molar-refractivity contribution is 0.0729. The van der Waals surface area contributed by atoms with Gasteiger partial charge in [0.05, 0.1) is 26.0 Å². The Morgan fingerprint density at radius 1 is 1.12 bits per heavy atom. The maximum absolute atomic E-state index is 12.3. The molecule has 0 spiro atoms. The zero-order chi connectivity index (χ0) is 18.2. The van der Waals surface area contributed by atoms with Crippen molar-refractivity contribution in [3.8, 4) is 17.2 Å². The van der Waals surface area contributed by atoms with Crippen LogP contribution in [0.4, 0.5) is 0 Å². The largest absolute Gasteiger partial charge is 0.497 e. The van der Waals surface area contributed by atoms with E-state index in [9.17, 15) is 4.79 Å². The second-order valence-corrected chi connectivity index (χ2v) is 5.20. The van der Waals surface area contributed by atoms with E-state index in [1.165, 1.54) is 13.3 Å². The number of ether oxygens (including phenoxy) is 3. The van der Waals surface area contributed by atoms with Crippen LogP contribution in [0.25, 0.3) is 0 Å². The quantitative estimate of drug-likeness (QED) is 0.268. The highest BCUT2D eigenvalue weighted by Crippen LogP contribution is 2.28. The van der Waals surface area contributed by atoms with Crippen molar-refractivity contribution in [1.82, 2.24) is 5.43 Å². The smallest absolute Gasteiger partial charge is 0.343 e. The van der Waals surface area contributed by atoms with E-state index < -0.39 is 5.97 Å². The molecule has 2 rings (SSSR count). The van der Waals surface area contributed by atoms with Crippen LogP contribution in [0.2, 0.25) is 0 Å². The molecule has 0 bridgehead atoms. The first-order chi connectivity index (χ1) is 12.0. The van der Waals surface area contributed by atoms with Crippen LogP contribution in [-0.4, -0.2) is 31.5 Å². The Hall–Kier alpha value is -3.13. The first kappa shape index (κ1) is 18.2. The molecule has 25 heavy (non-hydrogen) atoms. The molecule has 8 heteroatoms. The minimum atomic E-state index is -0.517. The van der Waals surface area contributed by atoms with Crippen LogP contribution < -0.4 is 25.4 Å². The van der Waals surface area contributed by atoms with Crippen molar-refractivity contribution in [1.29, 1.82) is 0 Å². The summed E-state index contributed by atoms with van der Waals surface area (Å²) in [7, 11) is 3.04. The normalized spacial score (nSPS) is 10.3. The molecule has 0 saturated carbocycles. The summed E-state index contributed by atoms with van der Waals surface area (Å²) in [5.74, 6) is 0.817. The van der Waals surface area contributed by atoms with Gasteiger partial charge in [0.25, 0.3) is 0 Å². The van der Waals surface area contributed by atoms with Gasteiger partial charge in [0.1, 0.15) is 5.75 Å². The van der Waals surface area contributed by atoms with E-state index in [-0.39, 0.29) is 10.9 Å². The van der Waals surface area contributed by atoms with E-state index in [0.717, 1.165) is 0 Å². The summed E-state index contributed by atoms with van der Waals surface area (Å²) in [4.78, 5) is 12.3. The topological polar surface area (TPSA) is 95.2 Å². The van der Waals surface area contributed by atoms with Gasteiger partial charge in [-0.15, -0.1) is 0 Å². The Labute approximate surface area is 150 Å². The van der Waals surface area contributed by atoms with Crippen LogP contribution in [0.3, 0.4) is 0 Å². The molecule has 0 fully saturated rings. The molecule has 7 nitrogen and oxygen atoms in total. The maximum Gasteiger partial charge on any atom is 0.343 e. The summed E-state index contributed by atoms with van der Waals surface area (Å²) in [6, 6.07) is 11.6. The Morgan fingerprint density at radius 3 is 2.44 bits per heavy atom. The van der Waals surface area contributed by atoms with Crippen molar-refractivity contribution in [2.75, 3.05) is 14.2 Å². The molecular formula is C17H17N3O4S. The number of carbonyl (C=O) groups excluding carboxylic acids is 1. The van der Waals surface area contributed by atoms with Gasteiger partial charge in [-0.3, -0.25) is 5.43 Å². The molecule has 0 aliphatic heterocycles. The van der Waals surface area contributed by atoms with E-state index >= 15 is 0 Å². The van der Waals surface area contributed by atoms with Gasteiger partial charge in [-0.2, -0.15) is 5.10 Å². The fraction of sp³-hybridized carbons (Fsp3) is 0.118. The summed E-state index contributed by atoms with van der Waals surface area (Å²) in [6.07, 6.45) is 1.49. The summed E-state index contributed by atoms with van der Waals surface area (Å²) in [6.45, 7) is 0. The molecule has 2 aromatic carbocycles. The lowest BCUT2D eigenvalue weighted by atomic mass is 10.2. The number of hydrazone groups is 1. The number of nitrogens with zero attached hydrogens (tertiary/aromatic N) is 1. The van der Waals surface area contributed by atoms with E-state index in [4.69, 9.17) is 19.9 Å². The average molecular weight is 359 g/mol. The number of nitrogens with two attached hydrogens (primary N) is 1. The van der Waals surface area contributed by atoms with Crippen molar-refractivity contribution in [2.45, 2.75) is 0 Å². The standard InChI is InChI=1S/C17H17N3O4S/c1-22-13-6-4-12(5-7-13)16(21)24-15-9-11(3-8-14(15)23-2)10-19-20-17(18)25/h3-10H,1-2H3,(H3,18,20,25). The summed E-state index contributed by atoms with van der Waals surface area (Å²) in [5, 5.41) is 3.91. The SMILES string of the molecule is COc1ccc(C(=O)Oc2cc(C=NNC(N)=S)ccc2OC)cc1. The van der Waals surface area contributed by atoms with Crippen LogP contribution in [0, 0.1) is 0 Å². The predicted molar refractivity (Wildman–Crippen MR) is 98.5 cm³/mol. The predicted octanol–water partition coefficient (Wildman–Crippen LogP) is 2.09. The van der Waals surface area contributed by atoms with Gasteiger partial charge < -0.3 is 19.9 Å². The van der Waals surface area contributed by atoms with Gasteiger partial charge in [-0.25, -0.2) is 4.79 Å². The van der Waals surface area contributed by atoms with Gasteiger partial charge in [0.2, 0.25) is 0 Å². The van der Waals surface area contributed by atoms with Gasteiger partial charge >= 0.3 is 5.97 Å². The third-order valence-electron chi connectivity index (χ3n) is 3.10. The molecule has 130 valence electrons. The highest BCUT2D eigenvalue weighted by atomic mass is 32.1. The third kappa shape index (κ3) is 5.18. The molecule has 0 radical (unpaired) electrons. The van der Waals surface area contributed by atoms with Crippen molar-refractivity contribution in [2.24, 2.45) is 10.8 Å². The fourth-order valence-electron chi connectivity index (χ4n) is 1.91. The second kappa shape index (κ2) is 8.65.